The van der Waals surface area contributed by atoms with E-state index in [-0.39, 0.29) is 6.54 Å². The maximum Gasteiger partial charge on any atom is 0.325 e. The van der Waals surface area contributed by atoms with Crippen molar-refractivity contribution in [1.82, 2.24) is 19.4 Å². The summed E-state index contributed by atoms with van der Waals surface area (Å²) in [4.78, 5) is 32.3. The summed E-state index contributed by atoms with van der Waals surface area (Å²) in [5.74, 6) is -1.35. The lowest BCUT2D eigenvalue weighted by atomic mass is 10.0. The van der Waals surface area contributed by atoms with E-state index in [1.807, 2.05) is 23.1 Å². The molecule has 1 unspecified atom stereocenters. The number of ether oxygens (including phenoxy) is 1. The minimum atomic E-state index is -0.987. The molecule has 9 heteroatoms. The van der Waals surface area contributed by atoms with Gasteiger partial charge in [0.15, 0.2) is 0 Å². The van der Waals surface area contributed by atoms with E-state index in [4.69, 9.17) is 4.74 Å². The Morgan fingerprint density at radius 3 is 2.53 bits per heavy atom. The highest BCUT2D eigenvalue weighted by Gasteiger charge is 2.33. The Bertz CT molecular complexity index is 1110. The summed E-state index contributed by atoms with van der Waals surface area (Å²) < 4.78 is 6.91. The molecule has 1 atom stereocenters. The number of carbonyl (C=O) groups is 2. The Hall–Kier alpha value is -3.43. The van der Waals surface area contributed by atoms with Gasteiger partial charge >= 0.3 is 11.9 Å². The first-order valence-electron chi connectivity index (χ1n) is 10.4. The van der Waals surface area contributed by atoms with E-state index in [0.717, 1.165) is 25.3 Å². The molecule has 4 rings (SSSR count). The number of carboxylic acids is 2. The Kier molecular flexibility index (Phi) is 6.38. The smallest absolute Gasteiger partial charge is 0.325 e. The molecular weight excluding hydrogens is 412 g/mol. The van der Waals surface area contributed by atoms with Crippen molar-refractivity contribution in [3.63, 3.8) is 0 Å². The highest BCUT2D eigenvalue weighted by atomic mass is 16.5. The van der Waals surface area contributed by atoms with E-state index >= 15 is 0 Å². The van der Waals surface area contributed by atoms with Crippen LogP contribution in [0.2, 0.25) is 0 Å². The first kappa shape index (κ1) is 21.8. The average molecular weight is 438 g/mol. The quantitative estimate of drug-likeness (QED) is 0.550. The normalized spacial score (nSPS) is 16.2. The number of benzene rings is 1. The van der Waals surface area contributed by atoms with E-state index in [2.05, 4.69) is 9.88 Å². The number of hydrogen-bond acceptors (Lipinski definition) is 6. The maximum atomic E-state index is 12.4. The number of pyridine rings is 1. The van der Waals surface area contributed by atoms with Crippen molar-refractivity contribution in [3.05, 3.63) is 60.0 Å². The van der Waals surface area contributed by atoms with Gasteiger partial charge in [-0.25, -0.2) is 0 Å². The lowest BCUT2D eigenvalue weighted by molar-refractivity contribution is -0.144. The van der Waals surface area contributed by atoms with Crippen LogP contribution < -0.4 is 4.74 Å². The van der Waals surface area contributed by atoms with Crippen molar-refractivity contribution in [2.24, 2.45) is 0 Å². The molecule has 1 aliphatic heterocycles. The Morgan fingerprint density at radius 1 is 1.12 bits per heavy atom. The van der Waals surface area contributed by atoms with Crippen molar-refractivity contribution in [2.75, 3.05) is 33.3 Å². The fourth-order valence-corrected chi connectivity index (χ4v) is 4.31. The van der Waals surface area contributed by atoms with Gasteiger partial charge in [0.1, 0.15) is 18.3 Å². The first-order valence-corrected chi connectivity index (χ1v) is 10.4. The molecule has 0 spiro atoms. The zero-order chi connectivity index (χ0) is 22.7. The van der Waals surface area contributed by atoms with Gasteiger partial charge in [-0.2, -0.15) is 0 Å². The van der Waals surface area contributed by atoms with Crippen molar-refractivity contribution >= 4 is 22.8 Å². The molecule has 168 valence electrons. The predicted octanol–water partition coefficient (Wildman–Crippen LogP) is 2.07. The number of aliphatic carboxylic acids is 2. The molecule has 3 heterocycles. The minimum Gasteiger partial charge on any atom is -0.497 e. The van der Waals surface area contributed by atoms with Gasteiger partial charge in [0, 0.05) is 61.6 Å². The summed E-state index contributed by atoms with van der Waals surface area (Å²) in [5.41, 5.74) is 2.23. The standard InChI is InChI=1S/C23H26N4O5/c1-32-17-5-6-20-18(12-17)19(14-27(20)15-21(28)29)22(23(30)31)26-10-8-25(9-11-26)13-16-4-2-3-7-24-16/h2-7,12,14,22H,8-11,13,15H2,1H3,(H,28,29)(H,30,31). The molecule has 0 aliphatic carbocycles. The number of rotatable bonds is 8. The van der Waals surface area contributed by atoms with Crippen molar-refractivity contribution < 1.29 is 24.5 Å². The van der Waals surface area contributed by atoms with Crippen LogP contribution in [0, 0.1) is 0 Å². The second-order valence-corrected chi connectivity index (χ2v) is 7.86. The highest BCUT2D eigenvalue weighted by Crippen LogP contribution is 2.33. The third-order valence-electron chi connectivity index (χ3n) is 5.84. The number of aromatic nitrogens is 2. The summed E-state index contributed by atoms with van der Waals surface area (Å²) in [7, 11) is 1.55. The molecule has 2 N–H and O–H groups in total. The van der Waals surface area contributed by atoms with Gasteiger partial charge in [0.25, 0.3) is 0 Å². The molecule has 0 amide bonds. The number of piperazine rings is 1. The van der Waals surface area contributed by atoms with Crippen LogP contribution in [0.25, 0.3) is 10.9 Å². The third kappa shape index (κ3) is 4.58. The monoisotopic (exact) mass is 438 g/mol. The number of hydrogen-bond donors (Lipinski definition) is 2. The van der Waals surface area contributed by atoms with Crippen LogP contribution in [0.15, 0.2) is 48.8 Å². The van der Waals surface area contributed by atoms with Crippen LogP contribution in [0.4, 0.5) is 0 Å². The highest BCUT2D eigenvalue weighted by molar-refractivity contribution is 5.91. The second kappa shape index (κ2) is 9.37. The van der Waals surface area contributed by atoms with Crippen molar-refractivity contribution in [2.45, 2.75) is 19.1 Å². The van der Waals surface area contributed by atoms with Crippen LogP contribution in [-0.2, 0) is 22.7 Å². The maximum absolute atomic E-state index is 12.4. The van der Waals surface area contributed by atoms with E-state index in [1.165, 1.54) is 0 Å². The summed E-state index contributed by atoms with van der Waals surface area (Å²) in [6, 6.07) is 10.2. The number of nitrogens with zero attached hydrogens (tertiary/aromatic N) is 4. The molecular formula is C23H26N4O5. The van der Waals surface area contributed by atoms with Crippen LogP contribution in [0.5, 0.6) is 5.75 Å². The molecule has 32 heavy (non-hydrogen) atoms. The van der Waals surface area contributed by atoms with Gasteiger partial charge in [0.2, 0.25) is 0 Å². The molecule has 0 saturated carbocycles. The zero-order valence-corrected chi connectivity index (χ0v) is 17.8. The van der Waals surface area contributed by atoms with Gasteiger partial charge < -0.3 is 19.5 Å². The summed E-state index contributed by atoms with van der Waals surface area (Å²) in [6.07, 6.45) is 3.42. The van der Waals surface area contributed by atoms with E-state index in [9.17, 15) is 19.8 Å². The Labute approximate surface area is 185 Å². The van der Waals surface area contributed by atoms with E-state index in [1.54, 1.807) is 42.3 Å². The minimum absolute atomic E-state index is 0.243. The van der Waals surface area contributed by atoms with Crippen LogP contribution >= 0.6 is 0 Å². The summed E-state index contributed by atoms with van der Waals surface area (Å²) in [6.45, 7) is 3.09. The molecule has 2 aromatic heterocycles. The molecule has 0 radical (unpaired) electrons. The molecule has 3 aromatic rings. The lowest BCUT2D eigenvalue weighted by Gasteiger charge is -2.37. The number of carboxylic acid groups (broad SMARTS) is 2. The molecule has 9 nitrogen and oxygen atoms in total. The SMILES string of the molecule is COc1ccc2c(c1)c(C(C(=O)O)N1CCN(Cc3ccccn3)CC1)cn2CC(=O)O. The fourth-order valence-electron chi connectivity index (χ4n) is 4.31. The van der Waals surface area contributed by atoms with E-state index in [0.29, 0.717) is 35.3 Å². The molecule has 1 fully saturated rings. The molecule has 1 saturated heterocycles. The van der Waals surface area contributed by atoms with Gasteiger partial charge in [-0.1, -0.05) is 6.07 Å². The zero-order valence-electron chi connectivity index (χ0n) is 17.8. The summed E-state index contributed by atoms with van der Waals surface area (Å²) >= 11 is 0. The number of fused-ring (bicyclic) bond motifs is 1. The molecule has 1 aliphatic rings. The first-order chi connectivity index (χ1) is 15.5. The van der Waals surface area contributed by atoms with Crippen molar-refractivity contribution in [3.8, 4) is 5.75 Å². The topological polar surface area (TPSA) is 108 Å². The number of methoxy groups -OCH3 is 1. The van der Waals surface area contributed by atoms with Gasteiger partial charge in [-0.05, 0) is 30.3 Å². The third-order valence-corrected chi connectivity index (χ3v) is 5.84. The van der Waals surface area contributed by atoms with Crippen LogP contribution in [0.3, 0.4) is 0 Å². The van der Waals surface area contributed by atoms with Gasteiger partial charge in [-0.15, -0.1) is 0 Å². The Morgan fingerprint density at radius 2 is 1.91 bits per heavy atom. The molecule has 0 bridgehead atoms. The van der Waals surface area contributed by atoms with Crippen LogP contribution in [-0.4, -0.2) is 74.8 Å². The fraction of sp³-hybridized carbons (Fsp3) is 0.348. The Balaban J connectivity index is 1.60. The van der Waals surface area contributed by atoms with Crippen LogP contribution in [0.1, 0.15) is 17.3 Å². The molecule has 1 aromatic carbocycles. The van der Waals surface area contributed by atoms with E-state index < -0.39 is 18.0 Å². The van der Waals surface area contributed by atoms with Crippen molar-refractivity contribution in [1.29, 1.82) is 0 Å². The summed E-state index contributed by atoms with van der Waals surface area (Å²) in [5, 5.41) is 20.1. The largest absolute Gasteiger partial charge is 0.497 e. The predicted molar refractivity (Wildman–Crippen MR) is 118 cm³/mol. The van der Waals surface area contributed by atoms with Gasteiger partial charge in [-0.3, -0.25) is 24.4 Å². The average Bonchev–Trinajstić information content (AvgIpc) is 3.12. The lowest BCUT2D eigenvalue weighted by Crippen LogP contribution is -2.48. The van der Waals surface area contributed by atoms with Gasteiger partial charge in [0.05, 0.1) is 12.8 Å². The second-order valence-electron chi connectivity index (χ2n) is 7.86.